The number of rotatable bonds is 9. The third-order valence-electron chi connectivity index (χ3n) is 2.79. The van der Waals surface area contributed by atoms with Gasteiger partial charge in [-0.05, 0) is 19.3 Å². The third-order valence-corrected chi connectivity index (χ3v) is 2.79. The monoisotopic (exact) mass is 200 g/mol. The molecule has 0 rings (SSSR count). The molecule has 0 spiro atoms. The molecule has 0 aromatic heterocycles. The first-order chi connectivity index (χ1) is 6.66. The lowest BCUT2D eigenvalue weighted by Crippen LogP contribution is -2.06. The van der Waals surface area contributed by atoms with Gasteiger partial charge < -0.3 is 5.11 Å². The second-order valence-corrected chi connectivity index (χ2v) is 4.75. The topological polar surface area (TPSA) is 20.2 Å². The first kappa shape index (κ1) is 14.0. The standard InChI is InChI=1S/C13H28O/c1-4-5-6-7-8-9-10-12(2)11-13(3)14/h12-14H,4-11H2,1-3H3. The van der Waals surface area contributed by atoms with Crippen molar-refractivity contribution in [2.75, 3.05) is 0 Å². The van der Waals surface area contributed by atoms with Gasteiger partial charge in [0, 0.05) is 0 Å². The second-order valence-electron chi connectivity index (χ2n) is 4.75. The first-order valence-electron chi connectivity index (χ1n) is 6.34. The Morgan fingerprint density at radius 1 is 0.929 bits per heavy atom. The number of hydrogen-bond acceptors (Lipinski definition) is 1. The summed E-state index contributed by atoms with van der Waals surface area (Å²) in [5, 5.41) is 9.20. The van der Waals surface area contributed by atoms with E-state index < -0.39 is 0 Å². The zero-order valence-corrected chi connectivity index (χ0v) is 10.3. The van der Waals surface area contributed by atoms with E-state index in [0.717, 1.165) is 6.42 Å². The highest BCUT2D eigenvalue weighted by Gasteiger charge is 2.05. The van der Waals surface area contributed by atoms with Crippen molar-refractivity contribution >= 4 is 0 Å². The van der Waals surface area contributed by atoms with Crippen LogP contribution in [0, 0.1) is 5.92 Å². The zero-order chi connectivity index (χ0) is 10.8. The SMILES string of the molecule is CCCCCCCCC(C)CC(C)O. The quantitative estimate of drug-likeness (QED) is 0.554. The van der Waals surface area contributed by atoms with Gasteiger partial charge in [0.05, 0.1) is 6.10 Å². The number of aliphatic hydroxyl groups excluding tert-OH is 1. The van der Waals surface area contributed by atoms with Crippen molar-refractivity contribution < 1.29 is 5.11 Å². The van der Waals surface area contributed by atoms with E-state index in [9.17, 15) is 5.11 Å². The minimum atomic E-state index is -0.120. The van der Waals surface area contributed by atoms with Crippen LogP contribution in [0.25, 0.3) is 0 Å². The summed E-state index contributed by atoms with van der Waals surface area (Å²) in [6, 6.07) is 0. The van der Waals surface area contributed by atoms with E-state index in [-0.39, 0.29) is 6.10 Å². The highest BCUT2D eigenvalue weighted by Crippen LogP contribution is 2.15. The molecule has 0 aliphatic carbocycles. The fourth-order valence-electron chi connectivity index (χ4n) is 1.97. The van der Waals surface area contributed by atoms with Crippen molar-refractivity contribution in [3.63, 3.8) is 0 Å². The van der Waals surface area contributed by atoms with Gasteiger partial charge in [0.2, 0.25) is 0 Å². The number of aliphatic hydroxyl groups is 1. The molecule has 0 saturated heterocycles. The Kier molecular flexibility index (Phi) is 9.49. The van der Waals surface area contributed by atoms with Crippen LogP contribution >= 0.6 is 0 Å². The van der Waals surface area contributed by atoms with Crippen LogP contribution in [0.2, 0.25) is 0 Å². The van der Waals surface area contributed by atoms with E-state index in [2.05, 4.69) is 13.8 Å². The van der Waals surface area contributed by atoms with Crippen LogP contribution in [-0.4, -0.2) is 11.2 Å². The lowest BCUT2D eigenvalue weighted by molar-refractivity contribution is 0.161. The first-order valence-corrected chi connectivity index (χ1v) is 6.34. The van der Waals surface area contributed by atoms with E-state index in [1.165, 1.54) is 44.9 Å². The molecule has 0 saturated carbocycles. The molecule has 1 heteroatoms. The van der Waals surface area contributed by atoms with Gasteiger partial charge >= 0.3 is 0 Å². The van der Waals surface area contributed by atoms with Crippen molar-refractivity contribution in [2.24, 2.45) is 5.92 Å². The van der Waals surface area contributed by atoms with Crippen LogP contribution in [0.15, 0.2) is 0 Å². The average molecular weight is 200 g/mol. The van der Waals surface area contributed by atoms with Gasteiger partial charge in [0.1, 0.15) is 0 Å². The van der Waals surface area contributed by atoms with Gasteiger partial charge in [-0.25, -0.2) is 0 Å². The molecule has 0 aliphatic rings. The van der Waals surface area contributed by atoms with Crippen molar-refractivity contribution in [3.8, 4) is 0 Å². The van der Waals surface area contributed by atoms with Gasteiger partial charge in [0.15, 0.2) is 0 Å². The average Bonchev–Trinajstić information content (AvgIpc) is 2.10. The summed E-state index contributed by atoms with van der Waals surface area (Å²) < 4.78 is 0. The maximum atomic E-state index is 9.20. The van der Waals surface area contributed by atoms with Crippen molar-refractivity contribution in [1.29, 1.82) is 0 Å². The lowest BCUT2D eigenvalue weighted by Gasteiger charge is -2.12. The molecule has 86 valence electrons. The Balaban J connectivity index is 3.10. The van der Waals surface area contributed by atoms with Gasteiger partial charge in [-0.2, -0.15) is 0 Å². The van der Waals surface area contributed by atoms with Crippen molar-refractivity contribution in [2.45, 2.75) is 78.2 Å². The molecule has 0 bridgehead atoms. The summed E-state index contributed by atoms with van der Waals surface area (Å²) in [6.45, 7) is 6.39. The van der Waals surface area contributed by atoms with Crippen molar-refractivity contribution in [1.82, 2.24) is 0 Å². The van der Waals surface area contributed by atoms with Crippen LogP contribution in [0.5, 0.6) is 0 Å². The number of hydrogen-bond donors (Lipinski definition) is 1. The summed E-state index contributed by atoms with van der Waals surface area (Å²) >= 11 is 0. The van der Waals surface area contributed by atoms with E-state index in [1.54, 1.807) is 0 Å². The van der Waals surface area contributed by atoms with Gasteiger partial charge in [-0.1, -0.05) is 58.8 Å². The Hall–Kier alpha value is -0.0400. The molecule has 0 amide bonds. The number of unbranched alkanes of at least 4 members (excludes halogenated alkanes) is 5. The highest BCUT2D eigenvalue weighted by atomic mass is 16.3. The van der Waals surface area contributed by atoms with Crippen LogP contribution < -0.4 is 0 Å². The summed E-state index contributed by atoms with van der Waals surface area (Å²) in [6.07, 6.45) is 10.4. The van der Waals surface area contributed by atoms with Gasteiger partial charge in [0.25, 0.3) is 0 Å². The molecule has 1 nitrogen and oxygen atoms in total. The summed E-state index contributed by atoms with van der Waals surface area (Å²) in [5.41, 5.74) is 0. The maximum absolute atomic E-state index is 9.20. The molecular formula is C13H28O. The molecule has 0 fully saturated rings. The van der Waals surface area contributed by atoms with Crippen LogP contribution in [0.4, 0.5) is 0 Å². The Morgan fingerprint density at radius 3 is 2.07 bits per heavy atom. The predicted octanol–water partition coefficient (Wildman–Crippen LogP) is 4.14. The molecule has 0 radical (unpaired) electrons. The largest absolute Gasteiger partial charge is 0.393 e. The Morgan fingerprint density at radius 2 is 1.50 bits per heavy atom. The lowest BCUT2D eigenvalue weighted by atomic mass is 9.97. The molecule has 14 heavy (non-hydrogen) atoms. The second kappa shape index (κ2) is 9.51. The molecule has 0 aromatic rings. The summed E-state index contributed by atoms with van der Waals surface area (Å²) in [4.78, 5) is 0. The molecule has 0 heterocycles. The van der Waals surface area contributed by atoms with Gasteiger partial charge in [-0.3, -0.25) is 0 Å². The van der Waals surface area contributed by atoms with E-state index in [1.807, 2.05) is 6.92 Å². The minimum Gasteiger partial charge on any atom is -0.393 e. The fraction of sp³-hybridized carbons (Fsp3) is 1.00. The summed E-state index contributed by atoms with van der Waals surface area (Å²) in [7, 11) is 0. The molecular weight excluding hydrogens is 172 g/mol. The van der Waals surface area contributed by atoms with Crippen LogP contribution in [0.1, 0.15) is 72.1 Å². The van der Waals surface area contributed by atoms with E-state index >= 15 is 0 Å². The Bertz CT molecular complexity index is 110. The summed E-state index contributed by atoms with van der Waals surface area (Å²) in [5.74, 6) is 0.696. The van der Waals surface area contributed by atoms with E-state index in [4.69, 9.17) is 0 Å². The molecule has 2 unspecified atom stereocenters. The van der Waals surface area contributed by atoms with Crippen molar-refractivity contribution in [3.05, 3.63) is 0 Å². The molecule has 2 atom stereocenters. The minimum absolute atomic E-state index is 0.120. The third kappa shape index (κ3) is 10.0. The van der Waals surface area contributed by atoms with Crippen LogP contribution in [0.3, 0.4) is 0 Å². The Labute approximate surface area is 89.9 Å². The maximum Gasteiger partial charge on any atom is 0.0514 e. The smallest absolute Gasteiger partial charge is 0.0514 e. The normalized spacial score (nSPS) is 15.4. The van der Waals surface area contributed by atoms with Crippen LogP contribution in [-0.2, 0) is 0 Å². The van der Waals surface area contributed by atoms with Gasteiger partial charge in [-0.15, -0.1) is 0 Å². The fourth-order valence-corrected chi connectivity index (χ4v) is 1.97. The van der Waals surface area contributed by atoms with E-state index in [0.29, 0.717) is 5.92 Å². The molecule has 1 N–H and O–H groups in total. The zero-order valence-electron chi connectivity index (χ0n) is 10.3. The molecule has 0 aliphatic heterocycles. The molecule has 0 aromatic carbocycles. The predicted molar refractivity (Wildman–Crippen MR) is 63.5 cm³/mol. The highest BCUT2D eigenvalue weighted by molar-refractivity contribution is 4.57.